The van der Waals surface area contributed by atoms with Crippen LogP contribution in [0.5, 0.6) is 0 Å². The van der Waals surface area contributed by atoms with Crippen LogP contribution < -0.4 is 5.32 Å². The zero-order chi connectivity index (χ0) is 15.2. The average Bonchev–Trinajstić information content (AvgIpc) is 2.44. The molecule has 0 saturated carbocycles. The normalized spacial score (nSPS) is 10.9. The second-order valence-electron chi connectivity index (χ2n) is 5.23. The van der Waals surface area contributed by atoms with Gasteiger partial charge < -0.3 is 5.32 Å². The van der Waals surface area contributed by atoms with Gasteiger partial charge in [0.1, 0.15) is 5.82 Å². The molecule has 0 radical (unpaired) electrons. The summed E-state index contributed by atoms with van der Waals surface area (Å²) in [4.78, 5) is 9.28. The van der Waals surface area contributed by atoms with Crippen molar-refractivity contribution in [3.8, 4) is 0 Å². The number of nitrogens with zero attached hydrogens (tertiary/aromatic N) is 2. The second kappa shape index (κ2) is 7.53. The highest BCUT2D eigenvalue weighted by atomic mass is 35.5. The lowest BCUT2D eigenvalue weighted by Gasteiger charge is -2.12. The van der Waals surface area contributed by atoms with Gasteiger partial charge in [-0.3, -0.25) is 0 Å². The molecule has 0 amide bonds. The van der Waals surface area contributed by atoms with Gasteiger partial charge in [-0.1, -0.05) is 36.7 Å². The summed E-state index contributed by atoms with van der Waals surface area (Å²) in [6, 6.07) is 7.85. The number of halogens is 1. The second-order valence-corrected chi connectivity index (χ2v) is 5.64. The van der Waals surface area contributed by atoms with Crippen LogP contribution in [0.4, 0.5) is 0 Å². The van der Waals surface area contributed by atoms with Crippen LogP contribution in [-0.4, -0.2) is 16.5 Å². The van der Waals surface area contributed by atoms with Crippen molar-refractivity contribution in [2.45, 2.75) is 40.2 Å². The SMILES string of the molecule is CCCNCc1c(C)nc(Cc2ccccc2Cl)nc1C. The van der Waals surface area contributed by atoms with Crippen molar-refractivity contribution in [1.29, 1.82) is 0 Å². The Morgan fingerprint density at radius 2 is 1.76 bits per heavy atom. The topological polar surface area (TPSA) is 37.8 Å². The molecule has 0 aliphatic carbocycles. The number of benzene rings is 1. The average molecular weight is 304 g/mol. The van der Waals surface area contributed by atoms with E-state index in [0.29, 0.717) is 6.42 Å². The molecule has 1 heterocycles. The summed E-state index contributed by atoms with van der Waals surface area (Å²) >= 11 is 6.20. The van der Waals surface area contributed by atoms with Crippen LogP contribution in [0.2, 0.25) is 5.02 Å². The van der Waals surface area contributed by atoms with Crippen LogP contribution in [0.15, 0.2) is 24.3 Å². The molecule has 0 bridgehead atoms. The van der Waals surface area contributed by atoms with Crippen molar-refractivity contribution >= 4 is 11.6 Å². The molecule has 1 aromatic heterocycles. The third kappa shape index (κ3) is 4.26. The van der Waals surface area contributed by atoms with Crippen LogP contribution in [-0.2, 0) is 13.0 Å². The predicted octanol–water partition coefficient (Wildman–Crippen LogP) is 3.84. The molecule has 21 heavy (non-hydrogen) atoms. The summed E-state index contributed by atoms with van der Waals surface area (Å²) < 4.78 is 0. The quantitative estimate of drug-likeness (QED) is 0.824. The van der Waals surface area contributed by atoms with E-state index in [1.807, 2.05) is 38.1 Å². The maximum Gasteiger partial charge on any atom is 0.133 e. The van der Waals surface area contributed by atoms with E-state index < -0.39 is 0 Å². The summed E-state index contributed by atoms with van der Waals surface area (Å²) in [5.41, 5.74) is 4.36. The van der Waals surface area contributed by atoms with Gasteiger partial charge in [0.2, 0.25) is 0 Å². The summed E-state index contributed by atoms with van der Waals surface area (Å²) in [6.45, 7) is 8.11. The first-order valence-corrected chi connectivity index (χ1v) is 7.76. The van der Waals surface area contributed by atoms with Gasteiger partial charge >= 0.3 is 0 Å². The molecule has 3 nitrogen and oxygen atoms in total. The minimum absolute atomic E-state index is 0.671. The van der Waals surface area contributed by atoms with Gasteiger partial charge in [0.15, 0.2) is 0 Å². The van der Waals surface area contributed by atoms with Crippen molar-refractivity contribution in [2.24, 2.45) is 0 Å². The Bertz CT molecular complexity index is 588. The number of hydrogen-bond donors (Lipinski definition) is 1. The van der Waals surface area contributed by atoms with E-state index in [0.717, 1.165) is 47.3 Å². The first-order chi connectivity index (χ1) is 10.1. The van der Waals surface area contributed by atoms with Crippen LogP contribution in [0.25, 0.3) is 0 Å². The maximum absolute atomic E-state index is 6.20. The Hall–Kier alpha value is -1.45. The zero-order valence-electron chi connectivity index (χ0n) is 12.9. The van der Waals surface area contributed by atoms with E-state index >= 15 is 0 Å². The highest BCUT2D eigenvalue weighted by Gasteiger charge is 2.10. The Morgan fingerprint density at radius 1 is 1.10 bits per heavy atom. The lowest BCUT2D eigenvalue weighted by molar-refractivity contribution is 0.662. The molecule has 0 aliphatic rings. The third-order valence-corrected chi connectivity index (χ3v) is 3.87. The lowest BCUT2D eigenvalue weighted by atomic mass is 10.1. The molecule has 1 N–H and O–H groups in total. The first-order valence-electron chi connectivity index (χ1n) is 7.39. The fraction of sp³-hybridized carbons (Fsp3) is 0.412. The lowest BCUT2D eigenvalue weighted by Crippen LogP contribution is -2.17. The van der Waals surface area contributed by atoms with Gasteiger partial charge in [-0.2, -0.15) is 0 Å². The van der Waals surface area contributed by atoms with Gasteiger partial charge in [0, 0.05) is 34.9 Å². The van der Waals surface area contributed by atoms with Crippen molar-refractivity contribution in [2.75, 3.05) is 6.54 Å². The third-order valence-electron chi connectivity index (χ3n) is 3.50. The Morgan fingerprint density at radius 3 is 2.38 bits per heavy atom. The van der Waals surface area contributed by atoms with Crippen LogP contribution in [0, 0.1) is 13.8 Å². The fourth-order valence-corrected chi connectivity index (χ4v) is 2.55. The molecule has 4 heteroatoms. The smallest absolute Gasteiger partial charge is 0.133 e. The monoisotopic (exact) mass is 303 g/mol. The van der Waals surface area contributed by atoms with E-state index in [9.17, 15) is 0 Å². The number of hydrogen-bond acceptors (Lipinski definition) is 3. The van der Waals surface area contributed by atoms with Crippen LogP contribution >= 0.6 is 11.6 Å². The molecule has 0 atom stereocenters. The molecule has 0 saturated heterocycles. The Labute approximate surface area is 131 Å². The molecule has 2 rings (SSSR count). The highest BCUT2D eigenvalue weighted by molar-refractivity contribution is 6.31. The minimum Gasteiger partial charge on any atom is -0.313 e. The summed E-state index contributed by atoms with van der Waals surface area (Å²) in [5.74, 6) is 0.831. The van der Waals surface area contributed by atoms with Crippen molar-refractivity contribution < 1.29 is 0 Å². The van der Waals surface area contributed by atoms with E-state index in [1.165, 1.54) is 5.56 Å². The Balaban J connectivity index is 2.17. The Kier molecular flexibility index (Phi) is 5.71. The van der Waals surface area contributed by atoms with Crippen molar-refractivity contribution in [3.05, 3.63) is 57.6 Å². The summed E-state index contributed by atoms with van der Waals surface area (Å²) in [7, 11) is 0. The number of aromatic nitrogens is 2. The molecule has 112 valence electrons. The van der Waals surface area contributed by atoms with E-state index in [1.54, 1.807) is 0 Å². The van der Waals surface area contributed by atoms with Crippen molar-refractivity contribution in [3.63, 3.8) is 0 Å². The van der Waals surface area contributed by atoms with E-state index in [2.05, 4.69) is 22.2 Å². The number of nitrogens with one attached hydrogen (secondary N) is 1. The molecular weight excluding hydrogens is 282 g/mol. The molecule has 0 unspecified atom stereocenters. The van der Waals surface area contributed by atoms with Gasteiger partial charge in [0.05, 0.1) is 0 Å². The number of rotatable bonds is 6. The maximum atomic E-state index is 6.20. The zero-order valence-corrected chi connectivity index (χ0v) is 13.7. The molecule has 0 spiro atoms. The van der Waals surface area contributed by atoms with Gasteiger partial charge in [-0.15, -0.1) is 0 Å². The highest BCUT2D eigenvalue weighted by Crippen LogP contribution is 2.18. The van der Waals surface area contributed by atoms with Crippen molar-refractivity contribution in [1.82, 2.24) is 15.3 Å². The molecule has 2 aromatic rings. The van der Waals surface area contributed by atoms with Gasteiger partial charge in [0.25, 0.3) is 0 Å². The predicted molar refractivity (Wildman–Crippen MR) is 87.8 cm³/mol. The number of aryl methyl sites for hydroxylation is 2. The van der Waals surface area contributed by atoms with Crippen LogP contribution in [0.1, 0.15) is 41.7 Å². The molecule has 0 fully saturated rings. The molecular formula is C17H22ClN3. The first kappa shape index (κ1) is 15.9. The minimum atomic E-state index is 0.671. The van der Waals surface area contributed by atoms with E-state index in [4.69, 9.17) is 11.6 Å². The van der Waals surface area contributed by atoms with Crippen LogP contribution in [0.3, 0.4) is 0 Å². The van der Waals surface area contributed by atoms with Gasteiger partial charge in [-0.25, -0.2) is 9.97 Å². The molecule has 1 aromatic carbocycles. The fourth-order valence-electron chi connectivity index (χ4n) is 2.35. The summed E-state index contributed by atoms with van der Waals surface area (Å²) in [5, 5.41) is 4.18. The largest absolute Gasteiger partial charge is 0.313 e. The van der Waals surface area contributed by atoms with E-state index in [-0.39, 0.29) is 0 Å². The summed E-state index contributed by atoms with van der Waals surface area (Å²) in [6.07, 6.45) is 1.80. The molecule has 0 aliphatic heterocycles. The van der Waals surface area contributed by atoms with Gasteiger partial charge in [-0.05, 0) is 38.4 Å². The standard InChI is InChI=1S/C17H22ClN3/c1-4-9-19-11-15-12(2)20-17(21-13(15)3)10-14-7-5-6-8-16(14)18/h5-8,19H,4,9-11H2,1-3H3.